The number of nitrogens with one attached hydrogen (secondary N) is 1. The summed E-state index contributed by atoms with van der Waals surface area (Å²) in [7, 11) is 0. The Balaban J connectivity index is 1.53. The lowest BCUT2D eigenvalue weighted by Crippen LogP contribution is -2.62. The standard InChI is InChI=1S/C25H16F6N6O3S/c26-12-2-1-9(15-10(7-32)21(33)41-20(12)15)14-11-8-35-37-5-3-13-22(40-24(39)25(29,30)31)34-4-6-36(13)23(38)16(19(11)37)18(28)17(14)27/h1-2,8,13,22,34H,3-6,33H2/t13-,22?/m0/s1. The minimum atomic E-state index is -5.29. The second-order valence-corrected chi connectivity index (χ2v) is 10.4. The molecule has 4 heterocycles. The summed E-state index contributed by atoms with van der Waals surface area (Å²) in [5.74, 6) is -7.27. The van der Waals surface area contributed by atoms with E-state index < -0.39 is 53.3 Å². The number of rotatable bonds is 2. The number of hydrogen-bond donors (Lipinski definition) is 2. The second kappa shape index (κ2) is 9.35. The van der Waals surface area contributed by atoms with Crippen molar-refractivity contribution in [3.63, 3.8) is 0 Å². The van der Waals surface area contributed by atoms with Crippen molar-refractivity contribution in [1.29, 1.82) is 5.26 Å². The van der Waals surface area contributed by atoms with Crippen LogP contribution in [0.1, 0.15) is 22.3 Å². The summed E-state index contributed by atoms with van der Waals surface area (Å²) < 4.78 is 90.9. The molecule has 2 aromatic heterocycles. The highest BCUT2D eigenvalue weighted by Crippen LogP contribution is 2.45. The van der Waals surface area contributed by atoms with Gasteiger partial charge in [0, 0.05) is 36.0 Å². The van der Waals surface area contributed by atoms with Crippen molar-refractivity contribution in [2.24, 2.45) is 0 Å². The minimum absolute atomic E-state index is 0.0116. The van der Waals surface area contributed by atoms with E-state index in [0.717, 1.165) is 22.3 Å². The maximum atomic E-state index is 16.0. The molecule has 2 aliphatic heterocycles. The van der Waals surface area contributed by atoms with E-state index in [-0.39, 0.29) is 68.7 Å². The number of ether oxygens (including phenoxy) is 1. The normalized spacial score (nSPS) is 19.1. The Labute approximate surface area is 229 Å². The summed E-state index contributed by atoms with van der Waals surface area (Å²) in [6.45, 7) is -0.266. The molecule has 41 heavy (non-hydrogen) atoms. The number of benzene rings is 2. The monoisotopic (exact) mass is 594 g/mol. The number of nitrogen functional groups attached to an aromatic ring is 1. The Kier molecular flexibility index (Phi) is 6.12. The summed E-state index contributed by atoms with van der Waals surface area (Å²) in [6, 6.07) is 2.92. The van der Waals surface area contributed by atoms with Crippen molar-refractivity contribution in [3.8, 4) is 17.2 Å². The van der Waals surface area contributed by atoms with Gasteiger partial charge in [-0.15, -0.1) is 11.3 Å². The highest BCUT2D eigenvalue weighted by atomic mass is 32.1. The zero-order valence-corrected chi connectivity index (χ0v) is 21.3. The number of carbonyl (C=O) groups is 2. The first-order valence-corrected chi connectivity index (χ1v) is 12.8. The first kappa shape index (κ1) is 26.8. The molecule has 1 saturated heterocycles. The second-order valence-electron chi connectivity index (χ2n) is 9.39. The Hall–Kier alpha value is -4.36. The molecular formula is C25H16F6N6O3S. The molecule has 6 rings (SSSR count). The number of amides is 1. The van der Waals surface area contributed by atoms with Gasteiger partial charge in [0.15, 0.2) is 17.9 Å². The van der Waals surface area contributed by atoms with E-state index in [2.05, 4.69) is 15.2 Å². The molecule has 0 spiro atoms. The van der Waals surface area contributed by atoms with E-state index in [1.54, 1.807) is 0 Å². The molecule has 3 N–H and O–H groups in total. The lowest BCUT2D eigenvalue weighted by molar-refractivity contribution is -0.210. The van der Waals surface area contributed by atoms with Crippen LogP contribution in [0.3, 0.4) is 0 Å². The van der Waals surface area contributed by atoms with Gasteiger partial charge in [0.25, 0.3) is 5.91 Å². The third-order valence-electron chi connectivity index (χ3n) is 7.20. The Bertz CT molecular complexity index is 1830. The van der Waals surface area contributed by atoms with Crippen LogP contribution in [0.25, 0.3) is 32.1 Å². The molecule has 0 bridgehead atoms. The van der Waals surface area contributed by atoms with Gasteiger partial charge in [0.1, 0.15) is 22.5 Å². The predicted octanol–water partition coefficient (Wildman–Crippen LogP) is 4.04. The van der Waals surface area contributed by atoms with Gasteiger partial charge in [0.2, 0.25) is 0 Å². The van der Waals surface area contributed by atoms with Crippen LogP contribution < -0.4 is 11.1 Å². The van der Waals surface area contributed by atoms with Crippen molar-refractivity contribution in [2.45, 2.75) is 31.4 Å². The van der Waals surface area contributed by atoms with E-state index in [9.17, 15) is 32.4 Å². The maximum Gasteiger partial charge on any atom is 0.490 e. The average molecular weight is 594 g/mol. The van der Waals surface area contributed by atoms with Crippen LogP contribution in [0.4, 0.5) is 31.3 Å². The number of piperazine rings is 1. The lowest BCUT2D eigenvalue weighted by Gasteiger charge is -2.42. The Morgan fingerprint density at radius 1 is 1.20 bits per heavy atom. The fourth-order valence-electron chi connectivity index (χ4n) is 5.46. The summed E-state index contributed by atoms with van der Waals surface area (Å²) in [5, 5.41) is 16.4. The number of nitriles is 1. The van der Waals surface area contributed by atoms with E-state index in [0.29, 0.717) is 0 Å². The van der Waals surface area contributed by atoms with E-state index in [4.69, 9.17) is 5.73 Å². The fourth-order valence-corrected chi connectivity index (χ4v) is 6.41. The highest BCUT2D eigenvalue weighted by Gasteiger charge is 2.46. The van der Waals surface area contributed by atoms with Gasteiger partial charge in [0.05, 0.1) is 28.0 Å². The molecule has 2 atom stereocenters. The summed E-state index contributed by atoms with van der Waals surface area (Å²) in [4.78, 5) is 26.3. The van der Waals surface area contributed by atoms with Crippen molar-refractivity contribution < 1.29 is 40.7 Å². The number of anilines is 1. The molecule has 2 aromatic carbocycles. The first-order chi connectivity index (χ1) is 19.4. The lowest BCUT2D eigenvalue weighted by atomic mass is 9.92. The van der Waals surface area contributed by atoms with Crippen LogP contribution in [0.15, 0.2) is 18.3 Å². The summed E-state index contributed by atoms with van der Waals surface area (Å²) >= 11 is 0.773. The molecule has 1 amide bonds. The molecule has 0 radical (unpaired) electrons. The van der Waals surface area contributed by atoms with Crippen LogP contribution >= 0.6 is 11.3 Å². The summed E-state index contributed by atoms with van der Waals surface area (Å²) in [6.07, 6.45) is -5.72. The first-order valence-electron chi connectivity index (χ1n) is 12.0. The van der Waals surface area contributed by atoms with Crippen LogP contribution in [-0.4, -0.2) is 58.1 Å². The number of aromatic nitrogens is 2. The number of hydrogen-bond acceptors (Lipinski definition) is 8. The van der Waals surface area contributed by atoms with Crippen LogP contribution in [0.2, 0.25) is 0 Å². The van der Waals surface area contributed by atoms with Gasteiger partial charge in [-0.1, -0.05) is 6.07 Å². The quantitative estimate of drug-likeness (QED) is 0.265. The van der Waals surface area contributed by atoms with Crippen molar-refractivity contribution >= 4 is 49.2 Å². The molecule has 212 valence electrons. The zero-order valence-electron chi connectivity index (χ0n) is 20.5. The van der Waals surface area contributed by atoms with Crippen LogP contribution in [0, 0.1) is 28.8 Å². The average Bonchev–Trinajstić information content (AvgIpc) is 3.48. The van der Waals surface area contributed by atoms with E-state index >= 15 is 8.78 Å². The van der Waals surface area contributed by atoms with Crippen molar-refractivity contribution in [3.05, 3.63) is 46.9 Å². The molecule has 2 aliphatic rings. The molecule has 9 nitrogen and oxygen atoms in total. The Morgan fingerprint density at radius 2 is 1.93 bits per heavy atom. The SMILES string of the molecule is N#Cc1c(N)sc2c(F)ccc(-c3c(F)c(F)c4c5c3cnn5CC[C@H]3C(OC(=O)C(F)(F)F)NCCN3C4=O)c12. The van der Waals surface area contributed by atoms with E-state index in [1.165, 1.54) is 16.9 Å². The molecular weight excluding hydrogens is 578 g/mol. The van der Waals surface area contributed by atoms with Gasteiger partial charge in [-0.25, -0.2) is 18.0 Å². The minimum Gasteiger partial charge on any atom is -0.438 e. The summed E-state index contributed by atoms with van der Waals surface area (Å²) in [5.41, 5.74) is 4.56. The third-order valence-corrected chi connectivity index (χ3v) is 8.23. The highest BCUT2D eigenvalue weighted by molar-refractivity contribution is 7.23. The molecule has 16 heteroatoms. The molecule has 1 fully saturated rings. The number of halogens is 6. The zero-order chi connectivity index (χ0) is 29.4. The van der Waals surface area contributed by atoms with Crippen LogP contribution in [-0.2, 0) is 16.1 Å². The molecule has 1 unspecified atom stereocenters. The van der Waals surface area contributed by atoms with Gasteiger partial charge in [-0.05, 0) is 18.1 Å². The molecule has 0 saturated carbocycles. The third kappa shape index (κ3) is 3.98. The number of alkyl halides is 3. The predicted molar refractivity (Wildman–Crippen MR) is 133 cm³/mol. The van der Waals surface area contributed by atoms with Crippen molar-refractivity contribution in [1.82, 2.24) is 20.0 Å². The van der Waals surface area contributed by atoms with Gasteiger partial charge < -0.3 is 15.4 Å². The van der Waals surface area contributed by atoms with E-state index in [1.807, 2.05) is 6.07 Å². The number of thiophene rings is 1. The topological polar surface area (TPSA) is 126 Å². The number of nitrogens with two attached hydrogens (primary N) is 1. The van der Waals surface area contributed by atoms with Gasteiger partial charge in [-0.3, -0.25) is 14.8 Å². The fraction of sp³-hybridized carbons (Fsp3) is 0.280. The number of carbonyl (C=O) groups excluding carboxylic acids is 2. The number of esters is 1. The van der Waals surface area contributed by atoms with Gasteiger partial charge >= 0.3 is 12.1 Å². The maximum absolute atomic E-state index is 16.0. The number of aryl methyl sites for hydroxylation is 1. The van der Waals surface area contributed by atoms with Crippen molar-refractivity contribution in [2.75, 3.05) is 18.8 Å². The van der Waals surface area contributed by atoms with Gasteiger partial charge in [-0.2, -0.15) is 23.5 Å². The molecule has 4 aromatic rings. The van der Waals surface area contributed by atoms with Crippen LogP contribution in [0.5, 0.6) is 0 Å². The smallest absolute Gasteiger partial charge is 0.438 e. The largest absolute Gasteiger partial charge is 0.490 e. The Morgan fingerprint density at radius 3 is 2.63 bits per heavy atom. The number of fused-ring (bicyclic) bond motifs is 2. The molecule has 0 aliphatic carbocycles. The number of nitrogens with zero attached hydrogens (tertiary/aromatic N) is 4.